The Hall–Kier alpha value is -1.32. The lowest BCUT2D eigenvalue weighted by atomic mass is 9.92. The molecule has 0 unspecified atom stereocenters. The number of nitrogens with zero attached hydrogens (tertiary/aromatic N) is 2. The minimum atomic E-state index is -0.0146. The van der Waals surface area contributed by atoms with Gasteiger partial charge in [-0.05, 0) is 6.07 Å². The van der Waals surface area contributed by atoms with Crippen LogP contribution in [-0.2, 0) is 12.0 Å². The Morgan fingerprint density at radius 3 is 2.50 bits per heavy atom. The molecule has 1 aromatic rings. The van der Waals surface area contributed by atoms with Crippen LogP contribution < -0.4 is 5.32 Å². The third kappa shape index (κ3) is 2.43. The molecule has 16 heavy (non-hydrogen) atoms. The van der Waals surface area contributed by atoms with Crippen LogP contribution in [0.4, 0.5) is 0 Å². The molecule has 0 aliphatic carbocycles. The summed E-state index contributed by atoms with van der Waals surface area (Å²) in [6, 6.07) is 1.88. The summed E-state index contributed by atoms with van der Waals surface area (Å²) in [6.07, 6.45) is 0. The number of hydrogen-bond acceptors (Lipinski definition) is 2. The molecule has 0 bridgehead atoms. The number of fused-ring (bicyclic) bond motifs is 1. The number of rotatable bonds is 0. The fourth-order valence-electron chi connectivity index (χ4n) is 1.50. The van der Waals surface area contributed by atoms with Gasteiger partial charge in [-0.3, -0.25) is 9.48 Å². The van der Waals surface area contributed by atoms with Crippen molar-refractivity contribution in [2.75, 3.05) is 6.54 Å². The molecule has 4 heteroatoms. The van der Waals surface area contributed by atoms with Gasteiger partial charge in [0.1, 0.15) is 5.69 Å². The first-order valence-corrected chi connectivity index (χ1v) is 5.85. The average Bonchev–Trinajstić information content (AvgIpc) is 2.65. The van der Waals surface area contributed by atoms with Crippen molar-refractivity contribution in [1.29, 1.82) is 0 Å². The van der Waals surface area contributed by atoms with E-state index in [4.69, 9.17) is 0 Å². The van der Waals surface area contributed by atoms with Gasteiger partial charge in [-0.25, -0.2) is 0 Å². The molecule has 2 heterocycles. The highest BCUT2D eigenvalue weighted by Crippen LogP contribution is 2.22. The van der Waals surface area contributed by atoms with Crippen LogP contribution in [0.5, 0.6) is 0 Å². The van der Waals surface area contributed by atoms with Crippen molar-refractivity contribution >= 4 is 5.91 Å². The van der Waals surface area contributed by atoms with Gasteiger partial charge in [0.2, 0.25) is 0 Å². The van der Waals surface area contributed by atoms with Crippen LogP contribution in [0, 0.1) is 0 Å². The fraction of sp³-hybridized carbons (Fsp3) is 0.667. The van der Waals surface area contributed by atoms with Crippen molar-refractivity contribution in [3.05, 3.63) is 17.5 Å². The third-order valence-electron chi connectivity index (χ3n) is 2.39. The molecule has 0 aromatic carbocycles. The van der Waals surface area contributed by atoms with E-state index in [1.54, 1.807) is 4.68 Å². The number of nitrogens with one attached hydrogen (secondary N) is 1. The summed E-state index contributed by atoms with van der Waals surface area (Å²) < 4.78 is 1.79. The highest BCUT2D eigenvalue weighted by Gasteiger charge is 2.24. The summed E-state index contributed by atoms with van der Waals surface area (Å²) in [6.45, 7) is 11.7. The zero-order valence-corrected chi connectivity index (χ0v) is 10.8. The molecule has 0 saturated carbocycles. The summed E-state index contributed by atoms with van der Waals surface area (Å²) in [7, 11) is 0. The predicted octanol–water partition coefficient (Wildman–Crippen LogP) is 1.95. The van der Waals surface area contributed by atoms with Crippen LogP contribution in [-0.4, -0.2) is 22.2 Å². The molecule has 0 spiro atoms. The van der Waals surface area contributed by atoms with E-state index in [0.29, 0.717) is 12.2 Å². The van der Waals surface area contributed by atoms with E-state index < -0.39 is 0 Å². The number of amides is 1. The maximum Gasteiger partial charge on any atom is 0.269 e. The van der Waals surface area contributed by atoms with Gasteiger partial charge in [0.15, 0.2) is 0 Å². The van der Waals surface area contributed by atoms with E-state index in [2.05, 4.69) is 31.2 Å². The van der Waals surface area contributed by atoms with Crippen LogP contribution >= 0.6 is 0 Å². The maximum absolute atomic E-state index is 11.5. The predicted molar refractivity (Wildman–Crippen MR) is 64.6 cm³/mol. The van der Waals surface area contributed by atoms with Crippen LogP contribution in [0.3, 0.4) is 0 Å². The highest BCUT2D eigenvalue weighted by molar-refractivity contribution is 5.93. The Morgan fingerprint density at radius 2 is 2.00 bits per heavy atom. The lowest BCUT2D eigenvalue weighted by Gasteiger charge is -2.14. The molecule has 2 rings (SSSR count). The maximum atomic E-state index is 11.5. The van der Waals surface area contributed by atoms with E-state index in [9.17, 15) is 4.79 Å². The summed E-state index contributed by atoms with van der Waals surface area (Å²) in [5.74, 6) is -0.0146. The molecule has 1 amide bonds. The molecule has 1 aliphatic heterocycles. The number of hydrogen-bond donors (Lipinski definition) is 1. The van der Waals surface area contributed by atoms with E-state index in [-0.39, 0.29) is 11.3 Å². The molecular formula is C12H21N3O. The van der Waals surface area contributed by atoms with Crippen molar-refractivity contribution in [3.8, 4) is 0 Å². The van der Waals surface area contributed by atoms with E-state index >= 15 is 0 Å². The van der Waals surface area contributed by atoms with Crippen molar-refractivity contribution in [2.45, 2.75) is 46.6 Å². The van der Waals surface area contributed by atoms with E-state index in [0.717, 1.165) is 12.2 Å². The summed E-state index contributed by atoms with van der Waals surface area (Å²) in [5, 5.41) is 7.23. The molecule has 4 nitrogen and oxygen atoms in total. The Bertz CT molecular complexity index is 374. The zero-order valence-electron chi connectivity index (χ0n) is 10.8. The molecule has 90 valence electrons. The second-order valence-electron chi connectivity index (χ2n) is 4.64. The van der Waals surface area contributed by atoms with Crippen molar-refractivity contribution in [2.24, 2.45) is 0 Å². The Balaban J connectivity index is 0.000000606. The van der Waals surface area contributed by atoms with Gasteiger partial charge in [0.05, 0.1) is 12.2 Å². The smallest absolute Gasteiger partial charge is 0.269 e. The fourth-order valence-corrected chi connectivity index (χ4v) is 1.50. The Labute approximate surface area is 97.0 Å². The highest BCUT2D eigenvalue weighted by atomic mass is 16.2. The van der Waals surface area contributed by atoms with Gasteiger partial charge in [-0.2, -0.15) is 5.10 Å². The molecule has 0 atom stereocenters. The number of carbonyl (C=O) groups excluding carboxylic acids is 1. The van der Waals surface area contributed by atoms with Crippen LogP contribution in [0.2, 0.25) is 0 Å². The van der Waals surface area contributed by atoms with Gasteiger partial charge >= 0.3 is 0 Å². The first kappa shape index (κ1) is 12.7. The minimum Gasteiger partial charge on any atom is -0.349 e. The van der Waals surface area contributed by atoms with Crippen LogP contribution in [0.25, 0.3) is 0 Å². The third-order valence-corrected chi connectivity index (χ3v) is 2.39. The van der Waals surface area contributed by atoms with E-state index in [1.807, 2.05) is 19.9 Å². The van der Waals surface area contributed by atoms with Gasteiger partial charge in [0, 0.05) is 12.0 Å². The molecule has 1 aliphatic rings. The van der Waals surface area contributed by atoms with Crippen molar-refractivity contribution < 1.29 is 4.79 Å². The zero-order chi connectivity index (χ0) is 12.3. The molecule has 1 N–H and O–H groups in total. The van der Waals surface area contributed by atoms with Crippen LogP contribution in [0.1, 0.15) is 50.8 Å². The van der Waals surface area contributed by atoms with E-state index in [1.165, 1.54) is 0 Å². The summed E-state index contributed by atoms with van der Waals surface area (Å²) >= 11 is 0. The normalized spacial score (nSPS) is 14.7. The molecule has 0 saturated heterocycles. The Kier molecular flexibility index (Phi) is 3.73. The topological polar surface area (TPSA) is 46.9 Å². The molecule has 1 aromatic heterocycles. The average molecular weight is 223 g/mol. The number of carbonyl (C=O) groups is 1. The standard InChI is InChI=1S/C10H15N3O.C2H6/c1-10(2,3)8-6-7-9(14)11-4-5-13(7)12-8;1-2/h6H,4-5H2,1-3H3,(H,11,14);1-2H3. The summed E-state index contributed by atoms with van der Waals surface area (Å²) in [4.78, 5) is 11.5. The summed E-state index contributed by atoms with van der Waals surface area (Å²) in [5.41, 5.74) is 1.66. The second-order valence-corrected chi connectivity index (χ2v) is 4.64. The van der Waals surface area contributed by atoms with Crippen molar-refractivity contribution in [3.63, 3.8) is 0 Å². The molecule has 0 radical (unpaired) electrons. The monoisotopic (exact) mass is 223 g/mol. The van der Waals surface area contributed by atoms with Crippen molar-refractivity contribution in [1.82, 2.24) is 15.1 Å². The molecular weight excluding hydrogens is 202 g/mol. The minimum absolute atomic E-state index is 0.00458. The Morgan fingerprint density at radius 1 is 1.38 bits per heavy atom. The number of aromatic nitrogens is 2. The van der Waals surface area contributed by atoms with Gasteiger partial charge < -0.3 is 5.32 Å². The van der Waals surface area contributed by atoms with Crippen LogP contribution in [0.15, 0.2) is 6.07 Å². The lowest BCUT2D eigenvalue weighted by molar-refractivity contribution is 0.0924. The lowest BCUT2D eigenvalue weighted by Crippen LogP contribution is -2.35. The SMILES string of the molecule is CC.CC(C)(C)c1cc2n(n1)CCNC2=O. The molecule has 0 fully saturated rings. The van der Waals surface area contributed by atoms with Gasteiger partial charge in [-0.1, -0.05) is 34.6 Å². The quantitative estimate of drug-likeness (QED) is 0.730. The largest absolute Gasteiger partial charge is 0.349 e. The first-order valence-electron chi connectivity index (χ1n) is 5.85. The van der Waals surface area contributed by atoms with Gasteiger partial charge in [-0.15, -0.1) is 0 Å². The van der Waals surface area contributed by atoms with Gasteiger partial charge in [0.25, 0.3) is 5.91 Å². The first-order chi connectivity index (χ1) is 7.48. The second kappa shape index (κ2) is 4.68.